The zero-order valence-electron chi connectivity index (χ0n) is 10.3. The van der Waals surface area contributed by atoms with Gasteiger partial charge in [0.05, 0.1) is 24.9 Å². The Kier molecular flexibility index (Phi) is 2.60. The van der Waals surface area contributed by atoms with Crippen LogP contribution in [-0.4, -0.2) is 23.9 Å². The van der Waals surface area contributed by atoms with Crippen molar-refractivity contribution in [2.45, 2.75) is 44.4 Å². The van der Waals surface area contributed by atoms with Crippen molar-refractivity contribution in [1.29, 1.82) is 0 Å². The van der Waals surface area contributed by atoms with Crippen LogP contribution in [0, 0.1) is 0 Å². The van der Waals surface area contributed by atoms with E-state index in [0.717, 1.165) is 12.1 Å². The Bertz CT molecular complexity index is 430. The number of ether oxygens (including phenoxy) is 1. The fourth-order valence-corrected chi connectivity index (χ4v) is 2.70. The Morgan fingerprint density at radius 1 is 1.41 bits per heavy atom. The van der Waals surface area contributed by atoms with Crippen molar-refractivity contribution in [2.24, 2.45) is 0 Å². The van der Waals surface area contributed by atoms with Gasteiger partial charge in [-0.1, -0.05) is 26.0 Å². The van der Waals surface area contributed by atoms with Gasteiger partial charge >= 0.3 is 0 Å². The summed E-state index contributed by atoms with van der Waals surface area (Å²) in [5.74, 6) is 0.534. The molecule has 2 aliphatic rings. The first-order chi connectivity index (χ1) is 8.15. The maximum Gasteiger partial charge on any atom is 0.0975 e. The van der Waals surface area contributed by atoms with Gasteiger partial charge in [0, 0.05) is 17.7 Å². The van der Waals surface area contributed by atoms with E-state index in [4.69, 9.17) is 4.74 Å². The lowest BCUT2D eigenvalue weighted by molar-refractivity contribution is -0.0672. The molecule has 1 aromatic rings. The third-order valence-electron chi connectivity index (χ3n) is 3.83. The Labute approximate surface area is 102 Å². The molecule has 3 heteroatoms. The molecule has 3 nitrogen and oxygen atoms in total. The number of hydrogen-bond acceptors (Lipinski definition) is 3. The molecule has 0 aliphatic carbocycles. The highest BCUT2D eigenvalue weighted by atomic mass is 16.5. The number of aliphatic hydroxyl groups excluding tert-OH is 1. The maximum absolute atomic E-state index is 9.80. The summed E-state index contributed by atoms with van der Waals surface area (Å²) in [6.07, 6.45) is 0.637. The van der Waals surface area contributed by atoms with E-state index in [0.29, 0.717) is 12.5 Å². The van der Waals surface area contributed by atoms with Gasteiger partial charge in [0.15, 0.2) is 0 Å². The second-order valence-corrected chi connectivity index (χ2v) is 5.38. The van der Waals surface area contributed by atoms with Gasteiger partial charge in [0.1, 0.15) is 0 Å². The second kappa shape index (κ2) is 4.00. The Morgan fingerprint density at radius 2 is 2.24 bits per heavy atom. The zero-order valence-corrected chi connectivity index (χ0v) is 10.3. The highest BCUT2D eigenvalue weighted by molar-refractivity contribution is 5.57. The van der Waals surface area contributed by atoms with Crippen LogP contribution in [0.1, 0.15) is 43.4 Å². The van der Waals surface area contributed by atoms with Gasteiger partial charge in [0.2, 0.25) is 0 Å². The smallest absolute Gasteiger partial charge is 0.0975 e. The van der Waals surface area contributed by atoms with E-state index in [2.05, 4.69) is 37.4 Å². The van der Waals surface area contributed by atoms with Crippen LogP contribution in [0.2, 0.25) is 0 Å². The molecule has 2 heterocycles. The summed E-state index contributed by atoms with van der Waals surface area (Å²) in [6, 6.07) is 6.66. The average molecular weight is 233 g/mol. The third-order valence-corrected chi connectivity index (χ3v) is 3.83. The van der Waals surface area contributed by atoms with E-state index < -0.39 is 0 Å². The van der Waals surface area contributed by atoms with E-state index in [1.807, 2.05) is 0 Å². The van der Waals surface area contributed by atoms with Crippen molar-refractivity contribution in [3.8, 4) is 0 Å². The first-order valence-corrected chi connectivity index (χ1v) is 6.35. The monoisotopic (exact) mass is 233 g/mol. The minimum absolute atomic E-state index is 0.145. The molecule has 0 saturated carbocycles. The van der Waals surface area contributed by atoms with Crippen LogP contribution in [-0.2, 0) is 4.74 Å². The van der Waals surface area contributed by atoms with Crippen LogP contribution in [0.4, 0.5) is 5.69 Å². The zero-order chi connectivity index (χ0) is 12.0. The van der Waals surface area contributed by atoms with Gasteiger partial charge in [0.25, 0.3) is 0 Å². The number of aliphatic hydroxyl groups is 1. The summed E-state index contributed by atoms with van der Waals surface area (Å²) >= 11 is 0. The van der Waals surface area contributed by atoms with Gasteiger partial charge in [-0.2, -0.15) is 0 Å². The Balaban J connectivity index is 1.99. The van der Waals surface area contributed by atoms with Crippen LogP contribution in [0.5, 0.6) is 0 Å². The van der Waals surface area contributed by atoms with Crippen LogP contribution < -0.4 is 5.32 Å². The molecule has 1 aromatic carbocycles. The number of nitrogens with one attached hydrogen (secondary N) is 1. The second-order valence-electron chi connectivity index (χ2n) is 5.38. The number of fused-ring (bicyclic) bond motifs is 4. The SMILES string of the molecule is CC(C)c1ccc2c(c1)[C@H]1C[C@H](N2)[C@H](O)CO1. The topological polar surface area (TPSA) is 41.5 Å². The normalized spacial score (nSPS) is 30.9. The number of anilines is 1. The lowest BCUT2D eigenvalue weighted by atomic mass is 9.88. The van der Waals surface area contributed by atoms with Gasteiger partial charge in [-0.25, -0.2) is 0 Å². The summed E-state index contributed by atoms with van der Waals surface area (Å²) in [5, 5.41) is 13.2. The fourth-order valence-electron chi connectivity index (χ4n) is 2.70. The van der Waals surface area contributed by atoms with Crippen molar-refractivity contribution in [3.63, 3.8) is 0 Å². The van der Waals surface area contributed by atoms with Gasteiger partial charge in [-0.05, 0) is 17.5 Å². The average Bonchev–Trinajstić information content (AvgIpc) is 2.33. The van der Waals surface area contributed by atoms with Crippen molar-refractivity contribution in [1.82, 2.24) is 0 Å². The predicted octanol–water partition coefficient (Wildman–Crippen LogP) is 2.43. The van der Waals surface area contributed by atoms with Crippen LogP contribution in [0.25, 0.3) is 0 Å². The van der Waals surface area contributed by atoms with E-state index in [1.165, 1.54) is 11.1 Å². The molecule has 2 N–H and O–H groups in total. The molecule has 0 radical (unpaired) electrons. The highest BCUT2D eigenvalue weighted by Gasteiger charge is 2.36. The van der Waals surface area contributed by atoms with E-state index in [-0.39, 0.29) is 18.2 Å². The van der Waals surface area contributed by atoms with Crippen LogP contribution >= 0.6 is 0 Å². The molecule has 1 fully saturated rings. The highest BCUT2D eigenvalue weighted by Crippen LogP contribution is 2.40. The van der Waals surface area contributed by atoms with E-state index in [9.17, 15) is 5.11 Å². The Hall–Kier alpha value is -1.06. The van der Waals surface area contributed by atoms with Crippen LogP contribution in [0.3, 0.4) is 0 Å². The van der Waals surface area contributed by atoms with E-state index >= 15 is 0 Å². The maximum atomic E-state index is 9.80. The molecule has 2 aliphatic heterocycles. The molecule has 0 amide bonds. The molecule has 2 bridgehead atoms. The number of rotatable bonds is 1. The van der Waals surface area contributed by atoms with Gasteiger partial charge in [-0.15, -0.1) is 0 Å². The summed E-state index contributed by atoms with van der Waals surface area (Å²) in [4.78, 5) is 0. The lowest BCUT2D eigenvalue weighted by Gasteiger charge is -2.40. The Morgan fingerprint density at radius 3 is 3.00 bits per heavy atom. The molecular formula is C14H19NO2. The molecule has 1 saturated heterocycles. The predicted molar refractivity (Wildman–Crippen MR) is 67.3 cm³/mol. The minimum Gasteiger partial charge on any atom is -0.389 e. The first-order valence-electron chi connectivity index (χ1n) is 6.35. The lowest BCUT2D eigenvalue weighted by Crippen LogP contribution is -2.45. The van der Waals surface area contributed by atoms with Gasteiger partial charge in [-0.3, -0.25) is 0 Å². The van der Waals surface area contributed by atoms with Gasteiger partial charge < -0.3 is 15.2 Å². The molecular weight excluding hydrogens is 214 g/mol. The molecule has 0 aromatic heterocycles. The van der Waals surface area contributed by atoms with Crippen molar-refractivity contribution in [3.05, 3.63) is 29.3 Å². The van der Waals surface area contributed by atoms with Crippen molar-refractivity contribution in [2.75, 3.05) is 11.9 Å². The molecule has 0 unspecified atom stereocenters. The fraction of sp³-hybridized carbons (Fsp3) is 0.571. The third kappa shape index (κ3) is 1.83. The summed E-state index contributed by atoms with van der Waals surface area (Å²) in [6.45, 7) is 4.84. The van der Waals surface area contributed by atoms with Crippen molar-refractivity contribution < 1.29 is 9.84 Å². The molecule has 3 rings (SSSR count). The van der Waals surface area contributed by atoms with E-state index in [1.54, 1.807) is 0 Å². The summed E-state index contributed by atoms with van der Waals surface area (Å²) in [5.41, 5.74) is 3.72. The molecule has 0 spiro atoms. The standard InChI is InChI=1S/C14H19NO2/c1-8(2)9-3-4-11-10(5-9)14-6-12(15-11)13(16)7-17-14/h3-5,8,12-16H,6-7H2,1-2H3/t12-,13+,14+/m0/s1. The summed E-state index contributed by atoms with van der Waals surface area (Å²) in [7, 11) is 0. The first kappa shape index (κ1) is 11.1. The summed E-state index contributed by atoms with van der Waals surface area (Å²) < 4.78 is 5.73. The molecule has 17 heavy (non-hydrogen) atoms. The molecule has 3 atom stereocenters. The van der Waals surface area contributed by atoms with Crippen LogP contribution in [0.15, 0.2) is 18.2 Å². The minimum atomic E-state index is -0.385. The number of hydrogen-bond donors (Lipinski definition) is 2. The van der Waals surface area contributed by atoms with Crippen molar-refractivity contribution >= 4 is 5.69 Å². The largest absolute Gasteiger partial charge is 0.389 e. The molecule has 92 valence electrons. The number of benzene rings is 1. The quantitative estimate of drug-likeness (QED) is 0.782.